The van der Waals surface area contributed by atoms with Gasteiger partial charge < -0.3 is 12.4 Å². The Morgan fingerprint density at radius 1 is 1.18 bits per heavy atom. The molecule has 0 heterocycles. The van der Waals surface area contributed by atoms with Crippen LogP contribution in [0.25, 0.3) is 0 Å². The molecule has 0 aliphatic carbocycles. The molecule has 0 saturated carbocycles. The fourth-order valence-electron chi connectivity index (χ4n) is 0.548. The normalized spacial score (nSPS) is 7.82. The largest absolute Gasteiger partial charge is 2.00 e. The monoisotopic (exact) mass is 226 g/mol. The summed E-state index contributed by atoms with van der Waals surface area (Å²) in [5.41, 5.74) is 0.0926. The third kappa shape index (κ3) is 3.17. The molecule has 0 fully saturated rings. The minimum Gasteiger partial charge on any atom is -1.00 e. The number of hydrogen-bond donors (Lipinski definition) is 0. The molecule has 0 radical (unpaired) electrons. The summed E-state index contributed by atoms with van der Waals surface area (Å²) in [6.07, 6.45) is 0. The quantitative estimate of drug-likeness (QED) is 0.400. The second-order valence-electron chi connectivity index (χ2n) is 1.71. The van der Waals surface area contributed by atoms with Gasteiger partial charge >= 0.3 is 19.5 Å². The average molecular weight is 228 g/mol. The first-order valence-electron chi connectivity index (χ1n) is 2.48. The van der Waals surface area contributed by atoms with Gasteiger partial charge in [-0.1, -0.05) is 0 Å². The van der Waals surface area contributed by atoms with Crippen molar-refractivity contribution < 1.29 is 40.7 Å². The SMILES string of the molecule is [CH2-]c1cccc(F)c1F.[Cl-].[Zn+2]. The zero-order chi connectivity index (χ0) is 6.85. The predicted molar refractivity (Wildman–Crippen MR) is 30.8 cm³/mol. The van der Waals surface area contributed by atoms with Gasteiger partial charge in [0.1, 0.15) is 5.82 Å². The molecule has 0 saturated heterocycles. The Balaban J connectivity index is 0. The van der Waals surface area contributed by atoms with Crippen molar-refractivity contribution in [1.29, 1.82) is 0 Å². The molecule has 0 bridgehead atoms. The smallest absolute Gasteiger partial charge is 1.00 e. The Kier molecular flexibility index (Phi) is 6.73. The van der Waals surface area contributed by atoms with Crippen molar-refractivity contribution >= 4 is 0 Å². The van der Waals surface area contributed by atoms with Gasteiger partial charge in [0.05, 0.1) is 5.82 Å². The molecule has 0 unspecified atom stereocenters. The van der Waals surface area contributed by atoms with Crippen LogP contribution >= 0.6 is 0 Å². The summed E-state index contributed by atoms with van der Waals surface area (Å²) in [6.45, 7) is 3.27. The molecule has 0 aromatic heterocycles. The van der Waals surface area contributed by atoms with E-state index in [0.29, 0.717) is 0 Å². The summed E-state index contributed by atoms with van der Waals surface area (Å²) >= 11 is 0. The predicted octanol–water partition coefficient (Wildman–Crippen LogP) is -0.852. The van der Waals surface area contributed by atoms with E-state index < -0.39 is 11.6 Å². The maximum absolute atomic E-state index is 12.3. The Bertz CT molecular complexity index is 207. The number of rotatable bonds is 0. The molecule has 0 amide bonds. The summed E-state index contributed by atoms with van der Waals surface area (Å²) in [5.74, 6) is -1.71. The van der Waals surface area contributed by atoms with Crippen LogP contribution in [0.3, 0.4) is 0 Å². The molecule has 11 heavy (non-hydrogen) atoms. The second-order valence-corrected chi connectivity index (χ2v) is 1.71. The molecular weight excluding hydrogens is 223 g/mol. The van der Waals surface area contributed by atoms with Crippen LogP contribution in [0.1, 0.15) is 5.56 Å². The van der Waals surface area contributed by atoms with Gasteiger partial charge in [0.25, 0.3) is 0 Å². The first-order valence-corrected chi connectivity index (χ1v) is 2.48. The average Bonchev–Trinajstić information content (AvgIpc) is 1.83. The van der Waals surface area contributed by atoms with Crippen LogP contribution in [0, 0.1) is 18.6 Å². The first-order chi connectivity index (χ1) is 4.22. The van der Waals surface area contributed by atoms with Gasteiger partial charge in [0.2, 0.25) is 0 Å². The second kappa shape index (κ2) is 5.51. The van der Waals surface area contributed by atoms with Gasteiger partial charge in [-0.25, -0.2) is 4.39 Å². The maximum Gasteiger partial charge on any atom is 2.00 e. The van der Waals surface area contributed by atoms with E-state index in [1.54, 1.807) is 0 Å². The van der Waals surface area contributed by atoms with Crippen molar-refractivity contribution in [2.24, 2.45) is 0 Å². The van der Waals surface area contributed by atoms with Gasteiger partial charge in [-0.2, -0.15) is 18.6 Å². The van der Waals surface area contributed by atoms with E-state index in [4.69, 9.17) is 0 Å². The summed E-state index contributed by atoms with van der Waals surface area (Å²) < 4.78 is 24.5. The van der Waals surface area contributed by atoms with E-state index in [1.807, 2.05) is 0 Å². The Labute approximate surface area is 83.2 Å². The maximum atomic E-state index is 12.3. The van der Waals surface area contributed by atoms with E-state index in [9.17, 15) is 8.78 Å². The topological polar surface area (TPSA) is 0 Å². The molecule has 4 heteroatoms. The van der Waals surface area contributed by atoms with Crippen LogP contribution in [0.4, 0.5) is 8.78 Å². The van der Waals surface area contributed by atoms with Gasteiger partial charge in [0, 0.05) is 0 Å². The number of benzene rings is 1. The van der Waals surface area contributed by atoms with Crippen molar-refractivity contribution in [1.82, 2.24) is 0 Å². The fraction of sp³-hybridized carbons (Fsp3) is 0. The van der Waals surface area contributed by atoms with E-state index in [1.165, 1.54) is 12.1 Å². The molecule has 0 aliphatic heterocycles. The molecule has 1 aromatic carbocycles. The van der Waals surface area contributed by atoms with Gasteiger partial charge in [-0.3, -0.25) is 4.39 Å². The van der Waals surface area contributed by atoms with Crippen LogP contribution in [-0.4, -0.2) is 0 Å². The molecule has 0 atom stereocenters. The minimum atomic E-state index is -0.863. The minimum absolute atomic E-state index is 0. The van der Waals surface area contributed by atoms with Crippen LogP contribution in [0.2, 0.25) is 0 Å². The standard InChI is InChI=1S/C7H5F2.ClH.Zn/c1-5-3-2-4-6(8)7(5)9;;/h2-4H,1H2;1H;/q-1;;+2/p-1. The molecule has 1 aromatic rings. The number of hydrogen-bond acceptors (Lipinski definition) is 0. The zero-order valence-electron chi connectivity index (χ0n) is 5.78. The van der Waals surface area contributed by atoms with Crippen molar-refractivity contribution in [3.05, 3.63) is 42.3 Å². The Morgan fingerprint density at radius 3 is 2.09 bits per heavy atom. The molecule has 0 nitrogen and oxygen atoms in total. The van der Waals surface area contributed by atoms with Crippen LogP contribution in [-0.2, 0) is 19.5 Å². The van der Waals surface area contributed by atoms with Crippen molar-refractivity contribution in [2.45, 2.75) is 0 Å². The van der Waals surface area contributed by atoms with Crippen LogP contribution in [0.5, 0.6) is 0 Å². The Hall–Kier alpha value is -0.137. The summed E-state index contributed by atoms with van der Waals surface area (Å²) in [7, 11) is 0. The number of halogens is 3. The third-order valence-corrected chi connectivity index (χ3v) is 1.03. The summed E-state index contributed by atoms with van der Waals surface area (Å²) in [6, 6.07) is 3.89. The van der Waals surface area contributed by atoms with E-state index in [2.05, 4.69) is 6.92 Å². The molecule has 0 aliphatic rings. The summed E-state index contributed by atoms with van der Waals surface area (Å²) in [5, 5.41) is 0. The third-order valence-electron chi connectivity index (χ3n) is 1.03. The zero-order valence-corrected chi connectivity index (χ0v) is 9.50. The van der Waals surface area contributed by atoms with Crippen molar-refractivity contribution in [3.63, 3.8) is 0 Å². The molecule has 0 spiro atoms. The van der Waals surface area contributed by atoms with Gasteiger partial charge in [-0.05, 0) is 6.07 Å². The summed E-state index contributed by atoms with van der Waals surface area (Å²) in [4.78, 5) is 0. The molecule has 56 valence electrons. The van der Waals surface area contributed by atoms with Gasteiger partial charge in [0.15, 0.2) is 0 Å². The van der Waals surface area contributed by atoms with Crippen molar-refractivity contribution in [3.8, 4) is 0 Å². The van der Waals surface area contributed by atoms with Crippen molar-refractivity contribution in [2.75, 3.05) is 0 Å². The van der Waals surface area contributed by atoms with Crippen LogP contribution in [0.15, 0.2) is 18.2 Å². The van der Waals surface area contributed by atoms with E-state index in [0.717, 1.165) is 6.07 Å². The van der Waals surface area contributed by atoms with Gasteiger partial charge in [-0.15, -0.1) is 6.07 Å². The molecule has 1 rings (SSSR count). The van der Waals surface area contributed by atoms with E-state index in [-0.39, 0.29) is 37.4 Å². The van der Waals surface area contributed by atoms with E-state index >= 15 is 0 Å². The molecule has 0 N–H and O–H groups in total. The first kappa shape index (κ1) is 13.5. The molecular formula is C7H5ClF2Zn. The van der Waals surface area contributed by atoms with Crippen LogP contribution < -0.4 is 12.4 Å². The Morgan fingerprint density at radius 2 is 1.73 bits per heavy atom. The fourth-order valence-corrected chi connectivity index (χ4v) is 0.548.